The molecule has 1 N–H and O–H groups in total. The Kier molecular flexibility index (Phi) is 8.06. The summed E-state index contributed by atoms with van der Waals surface area (Å²) in [4.78, 5) is 11.1. The predicted molar refractivity (Wildman–Crippen MR) is 129 cm³/mol. The summed E-state index contributed by atoms with van der Waals surface area (Å²) in [5.41, 5.74) is 1.48. The van der Waals surface area contributed by atoms with Crippen molar-refractivity contribution in [1.82, 2.24) is 14.9 Å². The van der Waals surface area contributed by atoms with Crippen molar-refractivity contribution >= 4 is 45.6 Å². The van der Waals surface area contributed by atoms with Gasteiger partial charge in [0.25, 0.3) is 0 Å². The number of morpholine rings is 1. The highest BCUT2D eigenvalue weighted by molar-refractivity contribution is 6.42. The number of anilines is 2. The van der Waals surface area contributed by atoms with Gasteiger partial charge in [0.1, 0.15) is 24.9 Å². The Labute approximate surface area is 202 Å². The van der Waals surface area contributed by atoms with E-state index in [-0.39, 0.29) is 6.10 Å². The second-order valence-electron chi connectivity index (χ2n) is 7.59. The molecule has 2 heterocycles. The Bertz CT molecular complexity index is 1100. The maximum Gasteiger partial charge on any atom is 0.163 e. The molecule has 1 atom stereocenters. The SMILES string of the molecule is COCCN1CCOC(COc2cc3ncnc(Nc4ccc(Cl)c(Cl)c4)c3cc2OC)C1. The highest BCUT2D eigenvalue weighted by atomic mass is 35.5. The zero-order valence-electron chi connectivity index (χ0n) is 18.5. The summed E-state index contributed by atoms with van der Waals surface area (Å²) < 4.78 is 22.7. The van der Waals surface area contributed by atoms with Crippen LogP contribution >= 0.6 is 23.2 Å². The second-order valence-corrected chi connectivity index (χ2v) is 8.41. The van der Waals surface area contributed by atoms with Crippen LogP contribution in [0.1, 0.15) is 0 Å². The molecular formula is C23H26Cl2N4O4. The third kappa shape index (κ3) is 5.96. The van der Waals surface area contributed by atoms with Gasteiger partial charge in [0.15, 0.2) is 11.5 Å². The van der Waals surface area contributed by atoms with Gasteiger partial charge in [-0.25, -0.2) is 9.97 Å². The number of hydrogen-bond donors (Lipinski definition) is 1. The van der Waals surface area contributed by atoms with Crippen molar-refractivity contribution in [2.45, 2.75) is 6.10 Å². The van der Waals surface area contributed by atoms with Gasteiger partial charge >= 0.3 is 0 Å². The van der Waals surface area contributed by atoms with Gasteiger partial charge in [0.05, 0.1) is 35.9 Å². The smallest absolute Gasteiger partial charge is 0.163 e. The average Bonchev–Trinajstić information content (AvgIpc) is 2.83. The number of benzene rings is 2. The van der Waals surface area contributed by atoms with Gasteiger partial charge < -0.3 is 24.3 Å². The van der Waals surface area contributed by atoms with E-state index in [9.17, 15) is 0 Å². The lowest BCUT2D eigenvalue weighted by Crippen LogP contribution is -2.46. The van der Waals surface area contributed by atoms with Crippen LogP contribution in [-0.2, 0) is 9.47 Å². The van der Waals surface area contributed by atoms with Crippen LogP contribution in [0.25, 0.3) is 10.9 Å². The minimum absolute atomic E-state index is 0.0340. The first kappa shape index (κ1) is 23.8. The first-order chi connectivity index (χ1) is 16.1. The van der Waals surface area contributed by atoms with Gasteiger partial charge in [0, 0.05) is 43.9 Å². The molecule has 1 aromatic heterocycles. The summed E-state index contributed by atoms with van der Waals surface area (Å²) in [6, 6.07) is 9.01. The topological polar surface area (TPSA) is 78.0 Å². The quantitative estimate of drug-likeness (QED) is 0.470. The van der Waals surface area contributed by atoms with Crippen LogP contribution in [0.4, 0.5) is 11.5 Å². The summed E-state index contributed by atoms with van der Waals surface area (Å²) in [7, 11) is 3.32. The molecule has 0 spiro atoms. The minimum Gasteiger partial charge on any atom is -0.493 e. The number of halogens is 2. The summed E-state index contributed by atoms with van der Waals surface area (Å²) >= 11 is 12.2. The van der Waals surface area contributed by atoms with Crippen molar-refractivity contribution in [1.29, 1.82) is 0 Å². The lowest BCUT2D eigenvalue weighted by molar-refractivity contribution is -0.0524. The van der Waals surface area contributed by atoms with Gasteiger partial charge in [-0.1, -0.05) is 23.2 Å². The number of nitrogens with one attached hydrogen (secondary N) is 1. The van der Waals surface area contributed by atoms with E-state index in [1.165, 1.54) is 6.33 Å². The number of hydrogen-bond acceptors (Lipinski definition) is 8. The average molecular weight is 493 g/mol. The number of fused-ring (bicyclic) bond motifs is 1. The molecule has 0 radical (unpaired) electrons. The molecule has 3 aromatic rings. The van der Waals surface area contributed by atoms with Crippen LogP contribution in [0, 0.1) is 0 Å². The van der Waals surface area contributed by atoms with Crippen LogP contribution in [-0.4, -0.2) is 74.6 Å². The summed E-state index contributed by atoms with van der Waals surface area (Å²) in [6.45, 7) is 4.34. The predicted octanol–water partition coefficient (Wildman–Crippen LogP) is 4.41. The van der Waals surface area contributed by atoms with Gasteiger partial charge in [-0.05, 0) is 24.3 Å². The molecule has 1 aliphatic rings. The lowest BCUT2D eigenvalue weighted by atomic mass is 10.2. The maximum absolute atomic E-state index is 6.14. The molecule has 8 nitrogen and oxygen atoms in total. The van der Waals surface area contributed by atoms with Crippen LogP contribution < -0.4 is 14.8 Å². The van der Waals surface area contributed by atoms with E-state index in [0.717, 1.165) is 36.2 Å². The maximum atomic E-state index is 6.14. The summed E-state index contributed by atoms with van der Waals surface area (Å²) in [6.07, 6.45) is 1.46. The zero-order valence-corrected chi connectivity index (χ0v) is 20.0. The minimum atomic E-state index is -0.0340. The van der Waals surface area contributed by atoms with Crippen LogP contribution in [0.15, 0.2) is 36.7 Å². The number of ether oxygens (including phenoxy) is 4. The molecule has 33 heavy (non-hydrogen) atoms. The van der Waals surface area contributed by atoms with Crippen molar-refractivity contribution in [3.8, 4) is 11.5 Å². The molecule has 1 aliphatic heterocycles. The largest absolute Gasteiger partial charge is 0.493 e. The van der Waals surface area contributed by atoms with Gasteiger partial charge in [-0.3, -0.25) is 4.90 Å². The third-order valence-electron chi connectivity index (χ3n) is 5.36. The normalized spacial score (nSPS) is 16.7. The van der Waals surface area contributed by atoms with E-state index in [4.69, 9.17) is 42.1 Å². The highest BCUT2D eigenvalue weighted by Crippen LogP contribution is 2.35. The Hall–Kier alpha value is -2.36. The Morgan fingerprint density at radius 3 is 2.79 bits per heavy atom. The van der Waals surface area contributed by atoms with E-state index in [1.807, 2.05) is 18.2 Å². The molecule has 0 aliphatic carbocycles. The number of rotatable bonds is 9. The number of methoxy groups -OCH3 is 2. The monoisotopic (exact) mass is 492 g/mol. The molecular weight excluding hydrogens is 467 g/mol. The van der Waals surface area contributed by atoms with Crippen molar-refractivity contribution in [2.24, 2.45) is 0 Å². The van der Waals surface area contributed by atoms with E-state index >= 15 is 0 Å². The lowest BCUT2D eigenvalue weighted by Gasteiger charge is -2.32. The van der Waals surface area contributed by atoms with Crippen LogP contribution in [0.3, 0.4) is 0 Å². The summed E-state index contributed by atoms with van der Waals surface area (Å²) in [5, 5.41) is 4.99. The summed E-state index contributed by atoms with van der Waals surface area (Å²) in [5.74, 6) is 1.80. The standard InChI is InChI=1S/C23H26Cl2N4O4/c1-30-7-5-29-6-8-32-16(12-29)13-33-22-11-20-17(10-21(22)31-2)23(27-14-26-20)28-15-3-4-18(24)19(25)9-15/h3-4,9-11,14,16H,5-8,12-13H2,1-2H3,(H,26,27,28). The molecule has 1 saturated heterocycles. The number of nitrogens with zero attached hydrogens (tertiary/aromatic N) is 3. The molecule has 10 heteroatoms. The Balaban J connectivity index is 1.51. The second kappa shape index (κ2) is 11.2. The highest BCUT2D eigenvalue weighted by Gasteiger charge is 2.22. The molecule has 0 amide bonds. The van der Waals surface area contributed by atoms with Crippen molar-refractivity contribution < 1.29 is 18.9 Å². The Morgan fingerprint density at radius 2 is 2.00 bits per heavy atom. The zero-order chi connectivity index (χ0) is 23.2. The first-order valence-corrected chi connectivity index (χ1v) is 11.3. The molecule has 0 saturated carbocycles. The van der Waals surface area contributed by atoms with E-state index in [0.29, 0.717) is 47.2 Å². The molecule has 1 fully saturated rings. The van der Waals surface area contributed by atoms with Crippen LogP contribution in [0.2, 0.25) is 10.0 Å². The van der Waals surface area contributed by atoms with Crippen LogP contribution in [0.5, 0.6) is 11.5 Å². The fraction of sp³-hybridized carbons (Fsp3) is 0.391. The van der Waals surface area contributed by atoms with E-state index in [2.05, 4.69) is 20.2 Å². The van der Waals surface area contributed by atoms with Gasteiger partial charge in [-0.2, -0.15) is 0 Å². The molecule has 2 aromatic carbocycles. The Morgan fingerprint density at radius 1 is 1.12 bits per heavy atom. The molecule has 176 valence electrons. The van der Waals surface area contributed by atoms with Crippen molar-refractivity contribution in [3.63, 3.8) is 0 Å². The fourth-order valence-corrected chi connectivity index (χ4v) is 3.93. The fourth-order valence-electron chi connectivity index (χ4n) is 3.63. The van der Waals surface area contributed by atoms with E-state index < -0.39 is 0 Å². The van der Waals surface area contributed by atoms with Crippen molar-refractivity contribution in [3.05, 3.63) is 46.7 Å². The first-order valence-electron chi connectivity index (χ1n) is 10.6. The molecule has 0 bridgehead atoms. The van der Waals surface area contributed by atoms with Gasteiger partial charge in [0.2, 0.25) is 0 Å². The van der Waals surface area contributed by atoms with Crippen molar-refractivity contribution in [2.75, 3.05) is 59.0 Å². The number of aromatic nitrogens is 2. The van der Waals surface area contributed by atoms with E-state index in [1.54, 1.807) is 26.4 Å². The molecule has 4 rings (SSSR count). The molecule has 1 unspecified atom stereocenters. The third-order valence-corrected chi connectivity index (χ3v) is 6.10. The van der Waals surface area contributed by atoms with Gasteiger partial charge in [-0.15, -0.1) is 0 Å².